The number of benzene rings is 1. The molecule has 5 saturated heterocycles. The molecule has 5 aliphatic heterocycles. The van der Waals surface area contributed by atoms with Crippen molar-refractivity contribution in [2.45, 2.75) is 219 Å². The molecule has 74 heavy (non-hydrogen) atoms. The van der Waals surface area contributed by atoms with Crippen LogP contribution in [-0.2, 0) is 80.8 Å². The van der Waals surface area contributed by atoms with E-state index in [-0.39, 0.29) is 48.3 Å². The predicted octanol–water partition coefficient (Wildman–Crippen LogP) is 7.78. The van der Waals surface area contributed by atoms with Crippen LogP contribution >= 0.6 is 0 Å². The number of allylic oxidation sites excluding steroid dienone is 1. The van der Waals surface area contributed by atoms with E-state index in [4.69, 9.17) is 56.8 Å². The number of hydrogen-bond acceptors (Lipinski definition) is 17. The van der Waals surface area contributed by atoms with Crippen molar-refractivity contribution in [3.05, 3.63) is 47.5 Å². The van der Waals surface area contributed by atoms with Crippen LogP contribution in [0, 0.1) is 46.3 Å². The second-order valence-electron chi connectivity index (χ2n) is 23.7. The van der Waals surface area contributed by atoms with Crippen molar-refractivity contribution in [2.24, 2.45) is 46.3 Å². The summed E-state index contributed by atoms with van der Waals surface area (Å²) >= 11 is 0. The highest BCUT2D eigenvalue weighted by atomic mass is 16.8. The maximum atomic E-state index is 13.9. The van der Waals surface area contributed by atoms with Crippen LogP contribution < -0.4 is 0 Å². The third-order valence-electron chi connectivity index (χ3n) is 18.9. The molecule has 0 aromatic heterocycles. The molecule has 5 heterocycles. The molecule has 1 spiro atoms. The molecule has 22 atom stereocenters. The Hall–Kier alpha value is -3.81. The Morgan fingerprint density at radius 1 is 0.689 bits per heavy atom. The number of esters is 4. The number of rotatable bonds is 12. The number of ketones is 1. The van der Waals surface area contributed by atoms with E-state index in [0.717, 1.165) is 50.7 Å². The summed E-state index contributed by atoms with van der Waals surface area (Å²) in [5, 5.41) is 0. The second kappa shape index (κ2) is 21.2. The Morgan fingerprint density at radius 3 is 2.11 bits per heavy atom. The van der Waals surface area contributed by atoms with Gasteiger partial charge in [-0.3, -0.25) is 19.2 Å². The number of carbonyl (C=O) groups excluding carboxylic acids is 5. The number of Topliss-reactive ketones (excluding diaryl/α,β-unsaturated/α-hetero) is 1. The summed E-state index contributed by atoms with van der Waals surface area (Å²) < 4.78 is 77.4. The molecule has 0 amide bonds. The highest BCUT2D eigenvalue weighted by Gasteiger charge is 2.69. The van der Waals surface area contributed by atoms with Crippen LogP contribution in [0.1, 0.15) is 145 Å². The van der Waals surface area contributed by atoms with E-state index in [9.17, 15) is 24.0 Å². The average molecular weight is 1040 g/mol. The van der Waals surface area contributed by atoms with Crippen LogP contribution in [0.3, 0.4) is 0 Å². The second-order valence-corrected chi connectivity index (χ2v) is 23.7. The van der Waals surface area contributed by atoms with E-state index in [1.54, 1.807) is 6.92 Å². The van der Waals surface area contributed by atoms with Gasteiger partial charge in [-0.2, -0.15) is 0 Å². The van der Waals surface area contributed by atoms with Crippen molar-refractivity contribution in [2.75, 3.05) is 13.2 Å². The SMILES string of the molecule is CC(=O)CCC(=O)O[C@@H]1[C@@H](O[C@@H]2O[C@@H](C)[C@H](OC(C)=O)[C@@H](OC(C)=O)[C@H]2OC(C)=O)[C@H](O[C@H]2CC[C@@]3(C)C(=CC[C@H]4[C@@H]5C[C@@H]6O[C@]7(CC[C@@H](C)CO7)[C@@H](C)[C@@H]6[C@@]5(C)CC[C@@H]43)C2)O[C@@H]2CO[C@@H](c3ccccc3)O[C@@H]12. The first-order valence-corrected chi connectivity index (χ1v) is 27.4. The molecule has 10 rings (SSSR count). The molecule has 3 saturated carbocycles. The van der Waals surface area contributed by atoms with Crippen molar-refractivity contribution in [1.29, 1.82) is 0 Å². The minimum atomic E-state index is -1.51. The molecule has 0 N–H and O–H groups in total. The monoisotopic (exact) mass is 1030 g/mol. The summed E-state index contributed by atoms with van der Waals surface area (Å²) in [7, 11) is 0. The molecule has 17 nitrogen and oxygen atoms in total. The van der Waals surface area contributed by atoms with Crippen molar-refractivity contribution in [3.63, 3.8) is 0 Å². The zero-order valence-corrected chi connectivity index (χ0v) is 44.6. The number of hydrogen-bond donors (Lipinski definition) is 0. The Labute approximate surface area is 434 Å². The molecule has 0 radical (unpaired) electrons. The van der Waals surface area contributed by atoms with Gasteiger partial charge in [0.2, 0.25) is 0 Å². The molecule has 4 aliphatic carbocycles. The summed E-state index contributed by atoms with van der Waals surface area (Å²) in [5.41, 5.74) is 2.24. The lowest BCUT2D eigenvalue weighted by Crippen LogP contribution is -2.67. The van der Waals surface area contributed by atoms with Crippen LogP contribution in [0.4, 0.5) is 0 Å². The summed E-state index contributed by atoms with van der Waals surface area (Å²) in [6.45, 7) is 17.1. The van der Waals surface area contributed by atoms with Crippen molar-refractivity contribution < 1.29 is 80.8 Å². The van der Waals surface area contributed by atoms with Gasteiger partial charge in [0.1, 0.15) is 18.0 Å². The van der Waals surface area contributed by atoms with Crippen LogP contribution in [0.5, 0.6) is 0 Å². The lowest BCUT2D eigenvalue weighted by molar-refractivity contribution is -0.396. The predicted molar refractivity (Wildman–Crippen MR) is 261 cm³/mol. The van der Waals surface area contributed by atoms with Gasteiger partial charge in [0.05, 0.1) is 37.9 Å². The first kappa shape index (κ1) is 53.6. The zero-order chi connectivity index (χ0) is 52.4. The van der Waals surface area contributed by atoms with E-state index >= 15 is 0 Å². The standard InChI is InChI=1S/C57H78O17/c1-29-19-24-57(64-27-29)31(3)45-42(74-57)26-41-39-17-16-37-25-38(20-22-55(37,8)40(39)21-23-56(41,45)9)69-54-51(73-53-50(68-35(7)61)48(67-34(6)60)46(32(4)65-53)66-33(5)59)49(71-44(62)18-15-30(2)58)47-43(70-54)28-63-52(72-47)36-13-11-10-12-14-36/h10-14,16,29,31-32,38-43,45-54H,15,17-28H2,1-9H3/t29-,31+,32+,38+,39-,40+,41+,42+,43-,45+,46+,47-,48-,49+,50-,51-,52-,53+,54-,55+,56+,57-/m1/s1. The molecule has 8 fully saturated rings. The summed E-state index contributed by atoms with van der Waals surface area (Å²) in [4.78, 5) is 64.0. The number of ether oxygens (including phenoxy) is 12. The molecular weight excluding hydrogens is 957 g/mol. The summed E-state index contributed by atoms with van der Waals surface area (Å²) in [6.07, 6.45) is -2.20. The van der Waals surface area contributed by atoms with Crippen LogP contribution in [0.2, 0.25) is 0 Å². The fourth-order valence-corrected chi connectivity index (χ4v) is 15.4. The first-order chi connectivity index (χ1) is 35.3. The Bertz CT molecular complexity index is 2280. The maximum Gasteiger partial charge on any atom is 0.306 e. The summed E-state index contributed by atoms with van der Waals surface area (Å²) in [6, 6.07) is 9.31. The van der Waals surface area contributed by atoms with E-state index < -0.39 is 97.4 Å². The Kier molecular flexibility index (Phi) is 15.4. The summed E-state index contributed by atoms with van der Waals surface area (Å²) in [5.74, 6) is -0.491. The normalized spacial score (nSPS) is 45.3. The molecule has 9 aliphatic rings. The van der Waals surface area contributed by atoms with Gasteiger partial charge in [0.25, 0.3) is 0 Å². The van der Waals surface area contributed by atoms with Gasteiger partial charge < -0.3 is 61.6 Å². The fourth-order valence-electron chi connectivity index (χ4n) is 15.4. The topological polar surface area (TPSA) is 196 Å². The lowest BCUT2D eigenvalue weighted by atomic mass is 9.47. The molecule has 408 valence electrons. The Morgan fingerprint density at radius 2 is 1.41 bits per heavy atom. The van der Waals surface area contributed by atoms with Gasteiger partial charge in [-0.1, -0.05) is 69.7 Å². The number of fused-ring (bicyclic) bond motifs is 8. The van der Waals surface area contributed by atoms with Crippen LogP contribution in [0.25, 0.3) is 0 Å². The van der Waals surface area contributed by atoms with Gasteiger partial charge in [0, 0.05) is 45.1 Å². The van der Waals surface area contributed by atoms with E-state index in [1.165, 1.54) is 39.7 Å². The van der Waals surface area contributed by atoms with Gasteiger partial charge in [-0.25, -0.2) is 0 Å². The average Bonchev–Trinajstić information content (AvgIpc) is 3.80. The van der Waals surface area contributed by atoms with Gasteiger partial charge in [-0.05, 0) is 106 Å². The van der Waals surface area contributed by atoms with Crippen LogP contribution in [0.15, 0.2) is 42.0 Å². The molecule has 0 unspecified atom stereocenters. The highest BCUT2D eigenvalue weighted by Crippen LogP contribution is 2.71. The van der Waals surface area contributed by atoms with Gasteiger partial charge >= 0.3 is 23.9 Å². The quantitative estimate of drug-likeness (QED) is 0.112. The van der Waals surface area contributed by atoms with Gasteiger partial charge in [-0.15, -0.1) is 0 Å². The number of carbonyl (C=O) groups is 5. The fraction of sp³-hybridized carbons (Fsp3) is 0.772. The van der Waals surface area contributed by atoms with Crippen LogP contribution in [-0.4, -0.2) is 122 Å². The smallest absolute Gasteiger partial charge is 0.306 e. The largest absolute Gasteiger partial charge is 0.456 e. The first-order valence-electron chi connectivity index (χ1n) is 27.4. The molecule has 1 aromatic carbocycles. The van der Waals surface area contributed by atoms with Gasteiger partial charge in [0.15, 0.2) is 55.2 Å². The third-order valence-corrected chi connectivity index (χ3v) is 18.9. The third kappa shape index (κ3) is 10.1. The van der Waals surface area contributed by atoms with E-state index in [0.29, 0.717) is 48.3 Å². The molecular formula is C57H78O17. The molecule has 17 heteroatoms. The minimum absolute atomic E-state index is 0.0354. The molecule has 1 aromatic rings. The van der Waals surface area contributed by atoms with E-state index in [2.05, 4.69) is 33.8 Å². The van der Waals surface area contributed by atoms with E-state index in [1.807, 2.05) is 30.3 Å². The van der Waals surface area contributed by atoms with Crippen molar-refractivity contribution in [1.82, 2.24) is 0 Å². The zero-order valence-electron chi connectivity index (χ0n) is 44.6. The minimum Gasteiger partial charge on any atom is -0.456 e. The lowest BCUT2D eigenvalue weighted by Gasteiger charge is -2.59. The Balaban J connectivity index is 0.936. The highest BCUT2D eigenvalue weighted by molar-refractivity contribution is 5.81. The van der Waals surface area contributed by atoms with Crippen molar-refractivity contribution in [3.8, 4) is 0 Å². The molecule has 0 bridgehead atoms. The van der Waals surface area contributed by atoms with Crippen molar-refractivity contribution >= 4 is 29.7 Å². The maximum absolute atomic E-state index is 13.9.